The van der Waals surface area contributed by atoms with Gasteiger partial charge >= 0.3 is 0 Å². The zero-order chi connectivity index (χ0) is 17.8. The maximum Gasteiger partial charge on any atom is 0.0991 e. The number of aliphatic hydroxyl groups is 1. The fourth-order valence-corrected chi connectivity index (χ4v) is 3.70. The van der Waals surface area contributed by atoms with Gasteiger partial charge < -0.3 is 9.67 Å². The van der Waals surface area contributed by atoms with E-state index in [4.69, 9.17) is 0 Å². The van der Waals surface area contributed by atoms with Crippen LogP contribution in [-0.4, -0.2) is 37.6 Å². The Morgan fingerprint density at radius 2 is 1.69 bits per heavy atom. The number of nitrogens with zero attached hydrogens (tertiary/aromatic N) is 4. The number of rotatable bonds is 5. The molecule has 1 aliphatic heterocycles. The normalized spacial score (nSPS) is 17.3. The molecule has 1 fully saturated rings. The van der Waals surface area contributed by atoms with Gasteiger partial charge in [-0.2, -0.15) is 0 Å². The summed E-state index contributed by atoms with van der Waals surface area (Å²) >= 11 is 0. The van der Waals surface area contributed by atoms with E-state index in [0.717, 1.165) is 43.7 Å². The van der Waals surface area contributed by atoms with E-state index in [1.807, 2.05) is 47.4 Å². The minimum absolute atomic E-state index is 0.322. The Balaban J connectivity index is 1.34. The first-order chi connectivity index (χ1) is 12.8. The average molecular weight is 348 g/mol. The van der Waals surface area contributed by atoms with Gasteiger partial charge in [-0.25, -0.2) is 4.98 Å². The summed E-state index contributed by atoms with van der Waals surface area (Å²) in [5.41, 5.74) is 3.36. The minimum atomic E-state index is -0.394. The lowest BCUT2D eigenvalue weighted by Gasteiger charge is -2.34. The first kappa shape index (κ1) is 16.9. The zero-order valence-corrected chi connectivity index (χ0v) is 14.8. The monoisotopic (exact) mass is 348 g/mol. The summed E-state index contributed by atoms with van der Waals surface area (Å²) in [7, 11) is 0. The van der Waals surface area contributed by atoms with E-state index < -0.39 is 6.10 Å². The molecule has 3 aromatic rings. The lowest BCUT2D eigenvalue weighted by atomic mass is 9.87. The molecule has 0 aliphatic carbocycles. The molecular formula is C21H24N4O. The number of aromatic nitrogens is 3. The van der Waals surface area contributed by atoms with Crippen molar-refractivity contribution in [2.24, 2.45) is 5.92 Å². The van der Waals surface area contributed by atoms with Crippen LogP contribution in [0.2, 0.25) is 0 Å². The number of aliphatic hydroxyl groups excluding tert-OH is 1. The summed E-state index contributed by atoms with van der Waals surface area (Å²) in [6.07, 6.45) is 10.8. The Hall–Kier alpha value is -2.50. The lowest BCUT2D eigenvalue weighted by molar-refractivity contribution is 0.0568. The second kappa shape index (κ2) is 7.81. The van der Waals surface area contributed by atoms with Crippen molar-refractivity contribution < 1.29 is 5.11 Å². The predicted octanol–water partition coefficient (Wildman–Crippen LogP) is 3.21. The molecule has 0 saturated carbocycles. The van der Waals surface area contributed by atoms with E-state index in [1.165, 1.54) is 5.56 Å². The summed E-state index contributed by atoms with van der Waals surface area (Å²) in [5.74, 6) is 0.322. The van der Waals surface area contributed by atoms with E-state index >= 15 is 0 Å². The van der Waals surface area contributed by atoms with Gasteiger partial charge in [0.25, 0.3) is 0 Å². The van der Waals surface area contributed by atoms with Crippen LogP contribution in [-0.2, 0) is 6.54 Å². The molecule has 1 unspecified atom stereocenters. The number of hydrogen-bond donors (Lipinski definition) is 1. The van der Waals surface area contributed by atoms with Gasteiger partial charge in [-0.1, -0.05) is 12.1 Å². The maximum absolute atomic E-state index is 10.8. The molecule has 3 heterocycles. The van der Waals surface area contributed by atoms with Crippen LogP contribution in [0.1, 0.15) is 30.1 Å². The summed E-state index contributed by atoms with van der Waals surface area (Å²) in [6.45, 7) is 3.01. The van der Waals surface area contributed by atoms with Crippen LogP contribution in [0.5, 0.6) is 0 Å². The highest BCUT2D eigenvalue weighted by Gasteiger charge is 2.26. The predicted molar refractivity (Wildman–Crippen MR) is 101 cm³/mol. The summed E-state index contributed by atoms with van der Waals surface area (Å²) < 4.78 is 1.97. The number of hydrogen-bond acceptors (Lipinski definition) is 4. The van der Waals surface area contributed by atoms with Gasteiger partial charge in [0, 0.05) is 37.0 Å². The molecule has 0 radical (unpaired) electrons. The molecule has 26 heavy (non-hydrogen) atoms. The Labute approximate surface area is 154 Å². The highest BCUT2D eigenvalue weighted by Crippen LogP contribution is 2.31. The molecule has 1 aliphatic rings. The summed E-state index contributed by atoms with van der Waals surface area (Å²) in [5, 5.41) is 10.8. The molecule has 5 nitrogen and oxygen atoms in total. The third-order valence-corrected chi connectivity index (χ3v) is 5.27. The Bertz CT molecular complexity index is 794. The summed E-state index contributed by atoms with van der Waals surface area (Å²) in [4.78, 5) is 10.6. The first-order valence-electron chi connectivity index (χ1n) is 9.17. The molecule has 134 valence electrons. The van der Waals surface area contributed by atoms with Gasteiger partial charge in [-0.3, -0.25) is 9.88 Å². The molecule has 1 atom stereocenters. The number of pyridine rings is 1. The molecule has 4 rings (SSSR count). The first-order valence-corrected chi connectivity index (χ1v) is 9.17. The van der Waals surface area contributed by atoms with Crippen molar-refractivity contribution in [3.05, 3.63) is 78.6 Å². The molecule has 0 bridgehead atoms. The second-order valence-corrected chi connectivity index (χ2v) is 6.98. The fraction of sp³-hybridized carbons (Fsp3) is 0.333. The second-order valence-electron chi connectivity index (χ2n) is 6.98. The fourth-order valence-electron chi connectivity index (χ4n) is 3.70. The maximum atomic E-state index is 10.8. The van der Waals surface area contributed by atoms with Crippen molar-refractivity contribution in [1.29, 1.82) is 0 Å². The van der Waals surface area contributed by atoms with Crippen LogP contribution in [0.15, 0.2) is 67.5 Å². The molecular weight excluding hydrogens is 324 g/mol. The van der Waals surface area contributed by atoms with Crippen molar-refractivity contribution in [2.45, 2.75) is 25.5 Å². The van der Waals surface area contributed by atoms with Crippen molar-refractivity contribution >= 4 is 0 Å². The van der Waals surface area contributed by atoms with Crippen LogP contribution < -0.4 is 0 Å². The molecule has 1 saturated heterocycles. The van der Waals surface area contributed by atoms with Crippen LogP contribution in [0.3, 0.4) is 0 Å². The van der Waals surface area contributed by atoms with Gasteiger partial charge in [0.05, 0.1) is 12.4 Å². The van der Waals surface area contributed by atoms with Crippen LogP contribution in [0.25, 0.3) is 5.69 Å². The van der Waals surface area contributed by atoms with Crippen LogP contribution in [0.4, 0.5) is 0 Å². The smallest absolute Gasteiger partial charge is 0.0991 e. The molecule has 5 heteroatoms. The molecule has 2 aromatic heterocycles. The largest absolute Gasteiger partial charge is 0.388 e. The Kier molecular flexibility index (Phi) is 5.09. The zero-order valence-electron chi connectivity index (χ0n) is 14.8. The van der Waals surface area contributed by atoms with Gasteiger partial charge in [0.15, 0.2) is 0 Å². The topological polar surface area (TPSA) is 54.2 Å². The number of likely N-dealkylation sites (tertiary alicyclic amines) is 1. The van der Waals surface area contributed by atoms with Crippen molar-refractivity contribution in [2.75, 3.05) is 13.1 Å². The van der Waals surface area contributed by atoms with E-state index in [9.17, 15) is 5.11 Å². The summed E-state index contributed by atoms with van der Waals surface area (Å²) in [6, 6.07) is 12.3. The van der Waals surface area contributed by atoms with E-state index in [2.05, 4.69) is 27.0 Å². The number of piperidine rings is 1. The van der Waals surface area contributed by atoms with Gasteiger partial charge in [0.2, 0.25) is 0 Å². The SMILES string of the molecule is OC(c1ccc(-n2ccnc2)cc1)C1CCN(Cc2ccncc2)CC1. The van der Waals surface area contributed by atoms with Crippen molar-refractivity contribution in [3.8, 4) is 5.69 Å². The lowest BCUT2D eigenvalue weighted by Crippen LogP contribution is -2.35. The standard InChI is InChI=1S/C21H24N4O/c26-21(18-1-3-20(4-2-18)25-14-11-23-16-25)19-7-12-24(13-8-19)15-17-5-9-22-10-6-17/h1-6,9-11,14,16,19,21,26H,7-8,12-13,15H2. The third kappa shape index (κ3) is 3.84. The van der Waals surface area contributed by atoms with Crippen LogP contribution in [0, 0.1) is 5.92 Å². The van der Waals surface area contributed by atoms with Crippen molar-refractivity contribution in [3.63, 3.8) is 0 Å². The molecule has 0 amide bonds. The number of imidazole rings is 1. The average Bonchev–Trinajstić information content (AvgIpc) is 3.24. The van der Waals surface area contributed by atoms with Crippen LogP contribution >= 0.6 is 0 Å². The quantitative estimate of drug-likeness (QED) is 0.769. The van der Waals surface area contributed by atoms with E-state index in [-0.39, 0.29) is 0 Å². The molecule has 1 aromatic carbocycles. The van der Waals surface area contributed by atoms with E-state index in [0.29, 0.717) is 5.92 Å². The van der Waals surface area contributed by atoms with Gasteiger partial charge in [0.1, 0.15) is 0 Å². The highest BCUT2D eigenvalue weighted by atomic mass is 16.3. The third-order valence-electron chi connectivity index (χ3n) is 5.27. The molecule has 0 spiro atoms. The Morgan fingerprint density at radius 3 is 2.35 bits per heavy atom. The van der Waals surface area contributed by atoms with Crippen molar-refractivity contribution in [1.82, 2.24) is 19.4 Å². The minimum Gasteiger partial charge on any atom is -0.388 e. The van der Waals surface area contributed by atoms with E-state index in [1.54, 1.807) is 12.5 Å². The van der Waals surface area contributed by atoms with Gasteiger partial charge in [-0.05, 0) is 67.2 Å². The highest BCUT2D eigenvalue weighted by molar-refractivity contribution is 5.35. The van der Waals surface area contributed by atoms with Gasteiger partial charge in [-0.15, -0.1) is 0 Å². The Morgan fingerprint density at radius 1 is 0.962 bits per heavy atom. The number of benzene rings is 1. The molecule has 1 N–H and O–H groups in total.